The molecule has 0 saturated heterocycles. The van der Waals surface area contributed by atoms with Crippen LogP contribution in [0.15, 0.2) is 60.8 Å². The van der Waals surface area contributed by atoms with Gasteiger partial charge in [-0.1, -0.05) is 42.5 Å². The number of benzene rings is 2. The zero-order valence-corrected chi connectivity index (χ0v) is 13.6. The lowest BCUT2D eigenvalue weighted by atomic mass is 9.99. The topological polar surface area (TPSA) is 54.7 Å². The normalized spacial score (nSPS) is 12.3. The van der Waals surface area contributed by atoms with Crippen molar-refractivity contribution in [3.05, 3.63) is 75.8 Å². The van der Waals surface area contributed by atoms with E-state index in [9.17, 15) is 0 Å². The third-order valence-corrected chi connectivity index (χ3v) is 4.24. The number of H-pyrrole nitrogens is 1. The Balaban J connectivity index is 1.92. The molecule has 0 aliphatic carbocycles. The second-order valence-corrected chi connectivity index (χ2v) is 6.13. The zero-order valence-electron chi connectivity index (χ0n) is 11.5. The summed E-state index contributed by atoms with van der Waals surface area (Å²) >= 11 is 2.30. The summed E-state index contributed by atoms with van der Waals surface area (Å²) in [6.45, 7) is 0.531. The number of rotatable bonds is 4. The molecule has 1 atom stereocenters. The number of aromatic amines is 1. The molecular formula is C17H16IN3. The summed E-state index contributed by atoms with van der Waals surface area (Å²) in [5, 5.41) is 0. The van der Waals surface area contributed by atoms with Gasteiger partial charge < -0.3 is 10.7 Å². The van der Waals surface area contributed by atoms with Gasteiger partial charge in [0.15, 0.2) is 0 Å². The highest BCUT2D eigenvalue weighted by Gasteiger charge is 2.16. The van der Waals surface area contributed by atoms with Crippen LogP contribution < -0.4 is 5.73 Å². The van der Waals surface area contributed by atoms with Gasteiger partial charge in [0.2, 0.25) is 0 Å². The number of nitrogens with one attached hydrogen (secondary N) is 1. The summed E-state index contributed by atoms with van der Waals surface area (Å²) < 4.78 is 1.22. The summed E-state index contributed by atoms with van der Waals surface area (Å²) in [5.74, 6) is 1.01. The maximum atomic E-state index is 5.94. The van der Waals surface area contributed by atoms with E-state index in [1.165, 1.54) is 9.13 Å². The fourth-order valence-corrected chi connectivity index (χ4v) is 2.74. The molecule has 0 aliphatic rings. The van der Waals surface area contributed by atoms with Crippen molar-refractivity contribution in [2.45, 2.75) is 5.92 Å². The van der Waals surface area contributed by atoms with Gasteiger partial charge in [0, 0.05) is 10.1 Å². The monoisotopic (exact) mass is 389 g/mol. The van der Waals surface area contributed by atoms with Crippen LogP contribution in [0.1, 0.15) is 17.3 Å². The third kappa shape index (κ3) is 3.16. The smallest absolute Gasteiger partial charge is 0.115 e. The molecule has 106 valence electrons. The predicted octanol–water partition coefficient (Wildman–Crippen LogP) is 3.77. The molecule has 1 unspecified atom stereocenters. The van der Waals surface area contributed by atoms with Crippen molar-refractivity contribution < 1.29 is 0 Å². The van der Waals surface area contributed by atoms with E-state index in [1.807, 2.05) is 24.4 Å². The van der Waals surface area contributed by atoms with Gasteiger partial charge in [-0.2, -0.15) is 0 Å². The molecule has 2 aromatic carbocycles. The van der Waals surface area contributed by atoms with E-state index < -0.39 is 0 Å². The second kappa shape index (κ2) is 6.41. The first-order valence-corrected chi connectivity index (χ1v) is 7.91. The van der Waals surface area contributed by atoms with Crippen LogP contribution in [0, 0.1) is 3.57 Å². The van der Waals surface area contributed by atoms with Crippen molar-refractivity contribution in [1.29, 1.82) is 0 Å². The maximum Gasteiger partial charge on any atom is 0.115 e. The lowest BCUT2D eigenvalue weighted by Gasteiger charge is -2.12. The standard InChI is InChI=1S/C17H16IN3/c18-14-8-6-13(7-9-14)16-11-20-17(21-16)15(10-19)12-4-2-1-3-5-12/h1-9,11,15H,10,19H2,(H,20,21). The molecule has 3 aromatic rings. The fraction of sp³-hybridized carbons (Fsp3) is 0.118. The first-order chi connectivity index (χ1) is 10.3. The van der Waals surface area contributed by atoms with E-state index in [0.717, 1.165) is 17.1 Å². The van der Waals surface area contributed by atoms with Crippen LogP contribution in [-0.4, -0.2) is 16.5 Å². The first-order valence-electron chi connectivity index (χ1n) is 6.84. The van der Waals surface area contributed by atoms with E-state index in [0.29, 0.717) is 6.54 Å². The molecule has 1 aromatic heterocycles. The fourth-order valence-electron chi connectivity index (χ4n) is 2.38. The Hall–Kier alpha value is -1.66. The lowest BCUT2D eigenvalue weighted by Crippen LogP contribution is -2.15. The molecule has 4 heteroatoms. The number of hydrogen-bond donors (Lipinski definition) is 2. The van der Waals surface area contributed by atoms with Gasteiger partial charge in [-0.25, -0.2) is 4.98 Å². The van der Waals surface area contributed by atoms with Gasteiger partial charge >= 0.3 is 0 Å². The molecule has 3 nitrogen and oxygen atoms in total. The van der Waals surface area contributed by atoms with E-state index in [2.05, 4.69) is 69.0 Å². The van der Waals surface area contributed by atoms with E-state index in [1.54, 1.807) is 0 Å². The SMILES string of the molecule is NCC(c1ccccc1)c1ncc(-c2ccc(I)cc2)[nH]1. The molecule has 0 fully saturated rings. The minimum absolute atomic E-state index is 0.101. The van der Waals surface area contributed by atoms with Crippen LogP contribution in [0.2, 0.25) is 0 Å². The highest BCUT2D eigenvalue weighted by Crippen LogP contribution is 2.24. The maximum absolute atomic E-state index is 5.94. The molecule has 3 N–H and O–H groups in total. The quantitative estimate of drug-likeness (QED) is 0.668. The Labute approximate surface area is 137 Å². The van der Waals surface area contributed by atoms with E-state index in [-0.39, 0.29) is 5.92 Å². The van der Waals surface area contributed by atoms with Gasteiger partial charge in [-0.15, -0.1) is 0 Å². The molecule has 0 amide bonds. The van der Waals surface area contributed by atoms with Crippen molar-refractivity contribution in [2.24, 2.45) is 5.73 Å². The molecular weight excluding hydrogens is 373 g/mol. The highest BCUT2D eigenvalue weighted by molar-refractivity contribution is 14.1. The third-order valence-electron chi connectivity index (χ3n) is 3.52. The summed E-state index contributed by atoms with van der Waals surface area (Å²) in [7, 11) is 0. The largest absolute Gasteiger partial charge is 0.341 e. The number of imidazole rings is 1. The van der Waals surface area contributed by atoms with Crippen molar-refractivity contribution in [3.63, 3.8) is 0 Å². The molecule has 0 radical (unpaired) electrons. The summed E-state index contributed by atoms with van der Waals surface area (Å²) in [5.41, 5.74) is 9.29. The molecule has 0 saturated carbocycles. The van der Waals surface area contributed by atoms with Crippen molar-refractivity contribution in [2.75, 3.05) is 6.54 Å². The predicted molar refractivity (Wildman–Crippen MR) is 94.1 cm³/mol. The molecule has 3 rings (SSSR count). The van der Waals surface area contributed by atoms with Gasteiger partial charge in [0.05, 0.1) is 17.8 Å². The van der Waals surface area contributed by atoms with Gasteiger partial charge in [-0.05, 0) is 45.9 Å². The Morgan fingerprint density at radius 3 is 2.43 bits per heavy atom. The average molecular weight is 389 g/mol. The van der Waals surface area contributed by atoms with E-state index >= 15 is 0 Å². The Morgan fingerprint density at radius 1 is 1.05 bits per heavy atom. The number of hydrogen-bond acceptors (Lipinski definition) is 2. The van der Waals surface area contributed by atoms with Crippen LogP contribution in [-0.2, 0) is 0 Å². The number of nitrogens with two attached hydrogens (primary N) is 1. The Morgan fingerprint density at radius 2 is 1.76 bits per heavy atom. The molecule has 21 heavy (non-hydrogen) atoms. The summed E-state index contributed by atoms with van der Waals surface area (Å²) in [4.78, 5) is 7.93. The second-order valence-electron chi connectivity index (χ2n) is 4.89. The van der Waals surface area contributed by atoms with Crippen molar-refractivity contribution in [3.8, 4) is 11.3 Å². The van der Waals surface area contributed by atoms with Gasteiger partial charge in [-0.3, -0.25) is 0 Å². The van der Waals surface area contributed by atoms with Crippen LogP contribution >= 0.6 is 22.6 Å². The van der Waals surface area contributed by atoms with E-state index in [4.69, 9.17) is 5.73 Å². The average Bonchev–Trinajstić information content (AvgIpc) is 2.99. The summed E-state index contributed by atoms with van der Waals surface area (Å²) in [6.07, 6.45) is 1.88. The van der Waals surface area contributed by atoms with Crippen LogP contribution in [0.5, 0.6) is 0 Å². The molecule has 0 aliphatic heterocycles. The molecule has 1 heterocycles. The van der Waals surface area contributed by atoms with Crippen LogP contribution in [0.3, 0.4) is 0 Å². The lowest BCUT2D eigenvalue weighted by molar-refractivity contribution is 0.765. The van der Waals surface area contributed by atoms with Gasteiger partial charge in [0.25, 0.3) is 0 Å². The highest BCUT2D eigenvalue weighted by atomic mass is 127. The van der Waals surface area contributed by atoms with Gasteiger partial charge in [0.1, 0.15) is 5.82 Å². The van der Waals surface area contributed by atoms with Crippen molar-refractivity contribution in [1.82, 2.24) is 9.97 Å². The first kappa shape index (κ1) is 14.3. The minimum atomic E-state index is 0.101. The molecule has 0 spiro atoms. The summed E-state index contributed by atoms with van der Waals surface area (Å²) in [6, 6.07) is 18.6. The number of halogens is 1. The molecule has 0 bridgehead atoms. The van der Waals surface area contributed by atoms with Crippen LogP contribution in [0.25, 0.3) is 11.3 Å². The number of nitrogens with zero attached hydrogens (tertiary/aromatic N) is 1. The zero-order chi connectivity index (χ0) is 14.7. The Bertz CT molecular complexity index is 704. The Kier molecular flexibility index (Phi) is 4.36. The van der Waals surface area contributed by atoms with Crippen molar-refractivity contribution >= 4 is 22.6 Å². The number of aromatic nitrogens is 2. The van der Waals surface area contributed by atoms with Crippen LogP contribution in [0.4, 0.5) is 0 Å². The minimum Gasteiger partial charge on any atom is -0.341 e.